The minimum atomic E-state index is -1.05. The summed E-state index contributed by atoms with van der Waals surface area (Å²) < 4.78 is 0. The average Bonchev–Trinajstić information content (AvgIpc) is 2.42. The van der Waals surface area contributed by atoms with Gasteiger partial charge < -0.3 is 10.8 Å². The van der Waals surface area contributed by atoms with Crippen LogP contribution >= 0.6 is 0 Å². The summed E-state index contributed by atoms with van der Waals surface area (Å²) in [4.78, 5) is 20.5. The topological polar surface area (TPSA) is 92.3 Å². The van der Waals surface area contributed by atoms with Gasteiger partial charge in [0.1, 0.15) is 0 Å². The van der Waals surface area contributed by atoms with Gasteiger partial charge in [0.25, 0.3) is 0 Å². The van der Waals surface area contributed by atoms with Crippen molar-refractivity contribution in [2.75, 3.05) is 12.8 Å². The third-order valence-corrected chi connectivity index (χ3v) is 2.16. The number of rotatable bonds is 1. The minimum Gasteiger partial charge on any atom is -0.476 e. The predicted octanol–water partition coefficient (Wildman–Crippen LogP) is -0.298. The largest absolute Gasteiger partial charge is 0.476 e. The van der Waals surface area contributed by atoms with E-state index in [2.05, 4.69) is 9.97 Å². The molecule has 1 aromatic rings. The minimum absolute atomic E-state index is 0.0245. The molecule has 0 amide bonds. The van der Waals surface area contributed by atoms with E-state index < -0.39 is 5.97 Å². The molecule has 0 atom stereocenters. The summed E-state index contributed by atoms with van der Waals surface area (Å²) in [5.41, 5.74) is 6.83. The monoisotopic (exact) mass is 194 g/mol. The van der Waals surface area contributed by atoms with Crippen molar-refractivity contribution in [3.05, 3.63) is 17.0 Å². The summed E-state index contributed by atoms with van der Waals surface area (Å²) in [7, 11) is 1.89. The molecular formula is C8H10N4O2. The number of hydrogen-bond acceptors (Lipinski definition) is 5. The van der Waals surface area contributed by atoms with Gasteiger partial charge in [0.05, 0.1) is 5.69 Å². The van der Waals surface area contributed by atoms with Crippen LogP contribution in [-0.4, -0.2) is 33.0 Å². The van der Waals surface area contributed by atoms with Crippen LogP contribution in [0.2, 0.25) is 0 Å². The average molecular weight is 194 g/mol. The summed E-state index contributed by atoms with van der Waals surface area (Å²) in [5.74, 6) is -1.03. The number of nitrogen functional groups attached to an aromatic ring is 1. The molecule has 1 aromatic heterocycles. The Kier molecular flexibility index (Phi) is 1.85. The van der Waals surface area contributed by atoms with Crippen LogP contribution in [0.25, 0.3) is 0 Å². The molecule has 6 nitrogen and oxygen atoms in total. The Labute approximate surface area is 80.4 Å². The first-order valence-corrected chi connectivity index (χ1v) is 4.15. The van der Waals surface area contributed by atoms with Crippen molar-refractivity contribution in [3.63, 3.8) is 0 Å². The van der Waals surface area contributed by atoms with E-state index in [1.165, 1.54) is 0 Å². The van der Waals surface area contributed by atoms with Crippen molar-refractivity contribution < 1.29 is 9.90 Å². The second-order valence-corrected chi connectivity index (χ2v) is 3.33. The van der Waals surface area contributed by atoms with E-state index in [4.69, 9.17) is 10.8 Å². The molecular weight excluding hydrogens is 184 g/mol. The van der Waals surface area contributed by atoms with Crippen molar-refractivity contribution >= 4 is 11.9 Å². The van der Waals surface area contributed by atoms with Crippen LogP contribution in [0.5, 0.6) is 0 Å². The van der Waals surface area contributed by atoms with Crippen LogP contribution in [0.15, 0.2) is 0 Å². The number of aromatic carboxylic acids is 1. The lowest BCUT2D eigenvalue weighted by atomic mass is 10.2. The molecule has 14 heavy (non-hydrogen) atoms. The fourth-order valence-electron chi connectivity index (χ4n) is 1.60. The Morgan fingerprint density at radius 1 is 1.50 bits per heavy atom. The van der Waals surface area contributed by atoms with Gasteiger partial charge >= 0.3 is 5.97 Å². The molecule has 2 heterocycles. The molecule has 0 unspecified atom stereocenters. The van der Waals surface area contributed by atoms with Gasteiger partial charge in [0, 0.05) is 18.7 Å². The first kappa shape index (κ1) is 8.89. The SMILES string of the molecule is CN1Cc2nc(N)nc(C(=O)O)c2C1. The molecule has 0 radical (unpaired) electrons. The van der Waals surface area contributed by atoms with E-state index in [9.17, 15) is 4.79 Å². The van der Waals surface area contributed by atoms with Gasteiger partial charge in [-0.25, -0.2) is 14.8 Å². The third kappa shape index (κ3) is 1.29. The Hall–Kier alpha value is -1.69. The fraction of sp³-hybridized carbons (Fsp3) is 0.375. The Morgan fingerprint density at radius 2 is 2.21 bits per heavy atom. The summed E-state index contributed by atoms with van der Waals surface area (Å²) in [6, 6.07) is 0. The van der Waals surface area contributed by atoms with E-state index in [1.54, 1.807) is 0 Å². The normalized spacial score (nSPS) is 15.5. The first-order valence-electron chi connectivity index (χ1n) is 4.15. The molecule has 0 aromatic carbocycles. The summed E-state index contributed by atoms with van der Waals surface area (Å²) in [6.45, 7) is 1.19. The molecule has 1 aliphatic rings. The second kappa shape index (κ2) is 2.91. The highest BCUT2D eigenvalue weighted by molar-refractivity contribution is 5.87. The highest BCUT2D eigenvalue weighted by Crippen LogP contribution is 2.22. The first-order chi connectivity index (χ1) is 6.58. The molecule has 6 heteroatoms. The number of carboxylic acids is 1. The molecule has 0 saturated heterocycles. The maximum absolute atomic E-state index is 10.9. The Balaban J connectivity index is 2.57. The zero-order valence-corrected chi connectivity index (χ0v) is 7.69. The van der Waals surface area contributed by atoms with Crippen LogP contribution in [-0.2, 0) is 13.1 Å². The van der Waals surface area contributed by atoms with Gasteiger partial charge in [0.2, 0.25) is 5.95 Å². The Morgan fingerprint density at radius 3 is 2.86 bits per heavy atom. The number of carboxylic acid groups (broad SMARTS) is 1. The number of anilines is 1. The second-order valence-electron chi connectivity index (χ2n) is 3.33. The quantitative estimate of drug-likeness (QED) is 0.637. The van der Waals surface area contributed by atoms with E-state index in [0.29, 0.717) is 18.7 Å². The molecule has 0 aliphatic carbocycles. The number of fused-ring (bicyclic) bond motifs is 1. The van der Waals surface area contributed by atoms with Gasteiger partial charge in [-0.05, 0) is 7.05 Å². The summed E-state index contributed by atoms with van der Waals surface area (Å²) >= 11 is 0. The van der Waals surface area contributed by atoms with E-state index in [-0.39, 0.29) is 11.6 Å². The van der Waals surface area contributed by atoms with Gasteiger partial charge in [0.15, 0.2) is 5.69 Å². The zero-order chi connectivity index (χ0) is 10.3. The van der Waals surface area contributed by atoms with Crippen molar-refractivity contribution in [2.45, 2.75) is 13.1 Å². The number of nitrogens with zero attached hydrogens (tertiary/aromatic N) is 3. The van der Waals surface area contributed by atoms with E-state index in [0.717, 1.165) is 5.69 Å². The molecule has 1 aliphatic heterocycles. The number of carbonyl (C=O) groups is 1. The predicted molar refractivity (Wildman–Crippen MR) is 48.6 cm³/mol. The fourth-order valence-corrected chi connectivity index (χ4v) is 1.60. The molecule has 0 bridgehead atoms. The van der Waals surface area contributed by atoms with E-state index >= 15 is 0 Å². The molecule has 3 N–H and O–H groups in total. The van der Waals surface area contributed by atoms with Gasteiger partial charge in [-0.2, -0.15) is 0 Å². The lowest BCUT2D eigenvalue weighted by Gasteiger charge is -2.03. The van der Waals surface area contributed by atoms with Gasteiger partial charge in [-0.1, -0.05) is 0 Å². The summed E-state index contributed by atoms with van der Waals surface area (Å²) in [6.07, 6.45) is 0. The van der Waals surface area contributed by atoms with Crippen LogP contribution in [0, 0.1) is 0 Å². The molecule has 0 fully saturated rings. The van der Waals surface area contributed by atoms with Crippen LogP contribution in [0.1, 0.15) is 21.7 Å². The lowest BCUT2D eigenvalue weighted by molar-refractivity contribution is 0.0688. The van der Waals surface area contributed by atoms with Crippen LogP contribution in [0.3, 0.4) is 0 Å². The van der Waals surface area contributed by atoms with Crippen molar-refractivity contribution in [3.8, 4) is 0 Å². The zero-order valence-electron chi connectivity index (χ0n) is 7.69. The number of nitrogens with two attached hydrogens (primary N) is 1. The maximum Gasteiger partial charge on any atom is 0.355 e. The van der Waals surface area contributed by atoms with E-state index in [1.807, 2.05) is 11.9 Å². The van der Waals surface area contributed by atoms with Gasteiger partial charge in [-0.15, -0.1) is 0 Å². The number of hydrogen-bond donors (Lipinski definition) is 2. The molecule has 0 saturated carbocycles. The maximum atomic E-state index is 10.9. The van der Waals surface area contributed by atoms with Crippen molar-refractivity contribution in [1.82, 2.24) is 14.9 Å². The van der Waals surface area contributed by atoms with Crippen LogP contribution in [0.4, 0.5) is 5.95 Å². The highest BCUT2D eigenvalue weighted by Gasteiger charge is 2.25. The lowest BCUT2D eigenvalue weighted by Crippen LogP contribution is -2.11. The Bertz CT molecular complexity index is 405. The number of aromatic nitrogens is 2. The van der Waals surface area contributed by atoms with Crippen molar-refractivity contribution in [1.29, 1.82) is 0 Å². The molecule has 0 spiro atoms. The summed E-state index contributed by atoms with van der Waals surface area (Å²) in [5, 5.41) is 8.90. The standard InChI is InChI=1S/C8H10N4O2/c1-12-2-4-5(3-12)10-8(9)11-6(4)7(13)14/h2-3H2,1H3,(H,13,14)(H2,9,10,11). The van der Waals surface area contributed by atoms with Crippen molar-refractivity contribution in [2.24, 2.45) is 0 Å². The highest BCUT2D eigenvalue weighted by atomic mass is 16.4. The third-order valence-electron chi connectivity index (χ3n) is 2.16. The smallest absolute Gasteiger partial charge is 0.355 e. The molecule has 2 rings (SSSR count). The van der Waals surface area contributed by atoms with Gasteiger partial charge in [-0.3, -0.25) is 4.90 Å². The molecule has 74 valence electrons. The van der Waals surface area contributed by atoms with Crippen LogP contribution < -0.4 is 5.73 Å².